The average molecular weight is 313 g/mol. The first kappa shape index (κ1) is 13.6. The predicted octanol–water partition coefficient (Wildman–Crippen LogP) is 4.65. The fourth-order valence-corrected chi connectivity index (χ4v) is 2.44. The van der Waals surface area contributed by atoms with Gasteiger partial charge in [-0.2, -0.15) is 13.2 Å². The van der Waals surface area contributed by atoms with Crippen LogP contribution in [0.3, 0.4) is 0 Å². The molecule has 0 saturated carbocycles. The standard InChI is InChI=1S/C10H8BrF3OS/c1-2-7(15)6-4-3-5-8(9(6)11)16-10(12,13)14/h3-5H,2H2,1H3. The summed E-state index contributed by atoms with van der Waals surface area (Å²) in [6, 6.07) is 4.28. The van der Waals surface area contributed by atoms with Crippen LogP contribution in [-0.4, -0.2) is 11.3 Å². The Balaban J connectivity index is 3.09. The number of alkyl halides is 3. The molecule has 0 aliphatic rings. The third-order valence-corrected chi connectivity index (χ3v) is 3.72. The van der Waals surface area contributed by atoms with E-state index in [-0.39, 0.29) is 38.9 Å². The molecule has 0 amide bonds. The number of Topliss-reactive ketones (excluding diaryl/α,β-unsaturated/α-hetero) is 1. The lowest BCUT2D eigenvalue weighted by molar-refractivity contribution is -0.0328. The molecule has 0 unspecified atom stereocenters. The van der Waals surface area contributed by atoms with Crippen LogP contribution in [0.1, 0.15) is 23.7 Å². The number of thioether (sulfide) groups is 1. The van der Waals surface area contributed by atoms with E-state index in [2.05, 4.69) is 15.9 Å². The van der Waals surface area contributed by atoms with Crippen LogP contribution in [0.4, 0.5) is 13.2 Å². The van der Waals surface area contributed by atoms with Gasteiger partial charge in [-0.1, -0.05) is 19.1 Å². The van der Waals surface area contributed by atoms with Gasteiger partial charge in [-0.15, -0.1) is 0 Å². The molecule has 0 N–H and O–H groups in total. The molecular weight excluding hydrogens is 305 g/mol. The summed E-state index contributed by atoms with van der Waals surface area (Å²) in [5.41, 5.74) is -4.06. The summed E-state index contributed by atoms with van der Waals surface area (Å²) < 4.78 is 36.8. The van der Waals surface area contributed by atoms with Crippen molar-refractivity contribution in [3.8, 4) is 0 Å². The maximum absolute atomic E-state index is 12.2. The molecule has 1 aromatic rings. The Labute approximate surface area is 104 Å². The Morgan fingerprint density at radius 1 is 1.44 bits per heavy atom. The van der Waals surface area contributed by atoms with Gasteiger partial charge in [0.05, 0.1) is 0 Å². The van der Waals surface area contributed by atoms with Gasteiger partial charge >= 0.3 is 5.51 Å². The first-order chi connectivity index (χ1) is 7.35. The highest BCUT2D eigenvalue weighted by Crippen LogP contribution is 2.41. The van der Waals surface area contributed by atoms with Gasteiger partial charge in [0.1, 0.15) is 0 Å². The molecule has 6 heteroatoms. The monoisotopic (exact) mass is 312 g/mol. The van der Waals surface area contributed by atoms with E-state index < -0.39 is 5.51 Å². The molecule has 0 bridgehead atoms. The van der Waals surface area contributed by atoms with Crippen LogP contribution in [0.15, 0.2) is 27.6 Å². The topological polar surface area (TPSA) is 17.1 Å². The van der Waals surface area contributed by atoms with Crippen molar-refractivity contribution in [2.45, 2.75) is 23.7 Å². The lowest BCUT2D eigenvalue weighted by Crippen LogP contribution is -2.02. The van der Waals surface area contributed by atoms with Crippen molar-refractivity contribution in [3.05, 3.63) is 28.2 Å². The van der Waals surface area contributed by atoms with E-state index in [4.69, 9.17) is 0 Å². The number of hydrogen-bond acceptors (Lipinski definition) is 2. The summed E-state index contributed by atoms with van der Waals surface area (Å²) in [6.07, 6.45) is 0.263. The van der Waals surface area contributed by atoms with Gasteiger partial charge in [0.15, 0.2) is 5.78 Å². The summed E-state index contributed by atoms with van der Waals surface area (Å²) in [7, 11) is 0. The third-order valence-electron chi connectivity index (χ3n) is 1.81. The predicted molar refractivity (Wildman–Crippen MR) is 60.7 cm³/mol. The highest BCUT2D eigenvalue weighted by molar-refractivity contribution is 9.10. The molecule has 1 nitrogen and oxygen atoms in total. The van der Waals surface area contributed by atoms with Crippen LogP contribution in [0, 0.1) is 0 Å². The molecule has 0 heterocycles. The molecule has 0 fully saturated rings. The van der Waals surface area contributed by atoms with Gasteiger partial charge in [0.2, 0.25) is 0 Å². The molecule has 0 atom stereocenters. The lowest BCUT2D eigenvalue weighted by atomic mass is 10.1. The Hall–Kier alpha value is -0.490. The second kappa shape index (κ2) is 5.23. The molecule has 0 aliphatic carbocycles. The van der Waals surface area contributed by atoms with Crippen molar-refractivity contribution in [3.63, 3.8) is 0 Å². The van der Waals surface area contributed by atoms with E-state index >= 15 is 0 Å². The van der Waals surface area contributed by atoms with Crippen LogP contribution < -0.4 is 0 Å². The van der Waals surface area contributed by atoms with Crippen molar-refractivity contribution in [1.29, 1.82) is 0 Å². The third kappa shape index (κ3) is 3.52. The molecule has 1 rings (SSSR count). The highest BCUT2D eigenvalue weighted by Gasteiger charge is 2.30. The summed E-state index contributed by atoms with van der Waals surface area (Å²) in [5, 5.41) is 0. The Kier molecular flexibility index (Phi) is 4.43. The van der Waals surface area contributed by atoms with Crippen LogP contribution in [-0.2, 0) is 0 Å². The molecule has 0 radical (unpaired) electrons. The average Bonchev–Trinajstić information content (AvgIpc) is 2.18. The van der Waals surface area contributed by atoms with Gasteiger partial charge in [-0.05, 0) is 33.8 Å². The zero-order chi connectivity index (χ0) is 12.3. The quantitative estimate of drug-likeness (QED) is 0.597. The molecule has 1 aromatic carbocycles. The minimum Gasteiger partial charge on any atom is -0.294 e. The molecule has 16 heavy (non-hydrogen) atoms. The summed E-state index contributed by atoms with van der Waals surface area (Å²) >= 11 is 2.80. The molecule has 88 valence electrons. The Morgan fingerprint density at radius 3 is 2.56 bits per heavy atom. The van der Waals surface area contributed by atoms with E-state index in [1.165, 1.54) is 18.2 Å². The molecular formula is C10H8BrF3OS. The molecule has 0 aromatic heterocycles. The van der Waals surface area contributed by atoms with E-state index in [0.29, 0.717) is 0 Å². The number of rotatable bonds is 3. The van der Waals surface area contributed by atoms with Crippen LogP contribution in [0.2, 0.25) is 0 Å². The Morgan fingerprint density at radius 2 is 2.06 bits per heavy atom. The largest absolute Gasteiger partial charge is 0.446 e. The van der Waals surface area contributed by atoms with Gasteiger partial charge in [0.25, 0.3) is 0 Å². The van der Waals surface area contributed by atoms with Crippen molar-refractivity contribution in [2.75, 3.05) is 0 Å². The molecule has 0 saturated heterocycles. The second-order valence-electron chi connectivity index (χ2n) is 2.94. The first-order valence-electron chi connectivity index (χ1n) is 4.42. The number of benzene rings is 1. The van der Waals surface area contributed by atoms with E-state index in [0.717, 1.165) is 0 Å². The van der Waals surface area contributed by atoms with E-state index in [9.17, 15) is 18.0 Å². The number of carbonyl (C=O) groups is 1. The minimum atomic E-state index is -4.35. The zero-order valence-corrected chi connectivity index (χ0v) is 10.7. The minimum absolute atomic E-state index is 0.00630. The maximum atomic E-state index is 12.2. The SMILES string of the molecule is CCC(=O)c1cccc(SC(F)(F)F)c1Br. The normalized spacial score (nSPS) is 11.6. The van der Waals surface area contributed by atoms with Gasteiger partial charge in [-0.25, -0.2) is 0 Å². The highest BCUT2D eigenvalue weighted by atomic mass is 79.9. The molecule has 0 spiro atoms. The number of ketones is 1. The van der Waals surface area contributed by atoms with Crippen LogP contribution >= 0.6 is 27.7 Å². The number of carbonyl (C=O) groups excluding carboxylic acids is 1. The second-order valence-corrected chi connectivity index (χ2v) is 4.84. The van der Waals surface area contributed by atoms with Gasteiger partial charge in [0, 0.05) is 21.4 Å². The van der Waals surface area contributed by atoms with E-state index in [1.54, 1.807) is 6.92 Å². The van der Waals surface area contributed by atoms with Crippen LogP contribution in [0.5, 0.6) is 0 Å². The smallest absolute Gasteiger partial charge is 0.294 e. The number of halogens is 4. The maximum Gasteiger partial charge on any atom is 0.446 e. The summed E-state index contributed by atoms with van der Waals surface area (Å²) in [6.45, 7) is 1.67. The van der Waals surface area contributed by atoms with Gasteiger partial charge < -0.3 is 0 Å². The lowest BCUT2D eigenvalue weighted by Gasteiger charge is -2.09. The van der Waals surface area contributed by atoms with Crippen molar-refractivity contribution >= 4 is 33.5 Å². The summed E-state index contributed by atoms with van der Waals surface area (Å²) in [4.78, 5) is 11.4. The van der Waals surface area contributed by atoms with Crippen molar-refractivity contribution in [2.24, 2.45) is 0 Å². The molecule has 0 aliphatic heterocycles. The zero-order valence-electron chi connectivity index (χ0n) is 8.27. The Bertz CT molecular complexity index is 404. The number of hydrogen-bond donors (Lipinski definition) is 0. The van der Waals surface area contributed by atoms with Crippen LogP contribution in [0.25, 0.3) is 0 Å². The fourth-order valence-electron chi connectivity index (χ4n) is 1.12. The van der Waals surface area contributed by atoms with Crippen molar-refractivity contribution < 1.29 is 18.0 Å². The van der Waals surface area contributed by atoms with Gasteiger partial charge in [-0.3, -0.25) is 4.79 Å². The fraction of sp³-hybridized carbons (Fsp3) is 0.300. The first-order valence-corrected chi connectivity index (χ1v) is 6.03. The van der Waals surface area contributed by atoms with E-state index in [1.807, 2.05) is 0 Å². The van der Waals surface area contributed by atoms with Crippen molar-refractivity contribution in [1.82, 2.24) is 0 Å². The summed E-state index contributed by atoms with van der Waals surface area (Å²) in [5.74, 6) is -0.184.